The Hall–Kier alpha value is -1.92. The summed E-state index contributed by atoms with van der Waals surface area (Å²) in [5.74, 6) is 0.510. The third kappa shape index (κ3) is 2.17. The lowest BCUT2D eigenvalue weighted by atomic mass is 9.90. The van der Waals surface area contributed by atoms with Crippen molar-refractivity contribution in [3.8, 4) is 0 Å². The third-order valence-corrected chi connectivity index (χ3v) is 4.16. The molecule has 7 heteroatoms. The van der Waals surface area contributed by atoms with Crippen molar-refractivity contribution >= 4 is 11.8 Å². The maximum absolute atomic E-state index is 12.6. The first-order valence-corrected chi connectivity index (χ1v) is 6.89. The van der Waals surface area contributed by atoms with Crippen LogP contribution in [-0.4, -0.2) is 43.1 Å². The molecule has 2 rings (SSSR count). The summed E-state index contributed by atoms with van der Waals surface area (Å²) in [6.45, 7) is 5.88. The summed E-state index contributed by atoms with van der Waals surface area (Å²) >= 11 is 0. The van der Waals surface area contributed by atoms with Gasteiger partial charge in [-0.05, 0) is 19.8 Å². The number of amides is 2. The smallest absolute Gasteiger partial charge is 0.246 e. The van der Waals surface area contributed by atoms with E-state index < -0.39 is 11.6 Å². The molecule has 1 aliphatic heterocycles. The fraction of sp³-hybridized carbons (Fsp3) is 0.692. The van der Waals surface area contributed by atoms with Gasteiger partial charge in [-0.3, -0.25) is 14.3 Å². The van der Waals surface area contributed by atoms with Crippen molar-refractivity contribution in [2.75, 3.05) is 0 Å². The molecule has 7 nitrogen and oxygen atoms in total. The minimum atomic E-state index is -0.839. The normalized spacial score (nSPS) is 26.8. The Morgan fingerprint density at radius 1 is 1.40 bits per heavy atom. The van der Waals surface area contributed by atoms with E-state index in [-0.39, 0.29) is 11.8 Å². The van der Waals surface area contributed by atoms with Gasteiger partial charge in [0.2, 0.25) is 11.8 Å². The van der Waals surface area contributed by atoms with E-state index >= 15 is 0 Å². The zero-order chi connectivity index (χ0) is 14.9. The first-order valence-electron chi connectivity index (χ1n) is 6.89. The van der Waals surface area contributed by atoms with Crippen LogP contribution in [-0.2, 0) is 23.2 Å². The Morgan fingerprint density at radius 3 is 2.60 bits per heavy atom. The van der Waals surface area contributed by atoms with Crippen LogP contribution in [0.2, 0.25) is 0 Å². The van der Waals surface area contributed by atoms with Crippen molar-refractivity contribution < 1.29 is 9.59 Å². The number of nitrogens with one attached hydrogen (secondary N) is 1. The summed E-state index contributed by atoms with van der Waals surface area (Å²) < 4.78 is 1.62. The van der Waals surface area contributed by atoms with Gasteiger partial charge in [0.1, 0.15) is 23.7 Å². The number of nitrogens with zero attached hydrogens (tertiary/aromatic N) is 4. The van der Waals surface area contributed by atoms with Gasteiger partial charge in [0.15, 0.2) is 0 Å². The largest absolute Gasteiger partial charge is 0.342 e. The Kier molecular flexibility index (Phi) is 3.78. The van der Waals surface area contributed by atoms with Crippen molar-refractivity contribution in [3.63, 3.8) is 0 Å². The van der Waals surface area contributed by atoms with Gasteiger partial charge in [0.25, 0.3) is 0 Å². The maximum atomic E-state index is 12.6. The summed E-state index contributed by atoms with van der Waals surface area (Å²) in [5.41, 5.74) is -0.839. The van der Waals surface area contributed by atoms with Gasteiger partial charge >= 0.3 is 0 Å². The first kappa shape index (κ1) is 14.5. The monoisotopic (exact) mass is 279 g/mol. The van der Waals surface area contributed by atoms with Crippen molar-refractivity contribution in [3.05, 3.63) is 12.2 Å². The SMILES string of the molecule is CCC1NC(=O)C(C)(CC)N(Cc2ncnn2C)C1=O. The first-order chi connectivity index (χ1) is 9.43. The standard InChI is InChI=1S/C13H21N5O2/c1-5-9-11(19)18(7-10-14-8-15-17(10)4)13(3,6-2)12(20)16-9/h8-9H,5-7H2,1-4H3,(H,16,20). The summed E-state index contributed by atoms with van der Waals surface area (Å²) in [4.78, 5) is 30.7. The number of rotatable bonds is 4. The quantitative estimate of drug-likeness (QED) is 0.855. The molecule has 0 spiro atoms. The van der Waals surface area contributed by atoms with Crippen LogP contribution in [0, 0.1) is 0 Å². The Morgan fingerprint density at radius 2 is 2.10 bits per heavy atom. The number of aryl methyl sites for hydroxylation is 1. The molecule has 1 saturated heterocycles. The molecule has 20 heavy (non-hydrogen) atoms. The van der Waals surface area contributed by atoms with E-state index in [2.05, 4.69) is 15.4 Å². The third-order valence-electron chi connectivity index (χ3n) is 4.16. The number of piperazine rings is 1. The van der Waals surface area contributed by atoms with Gasteiger partial charge in [0.05, 0.1) is 6.54 Å². The molecule has 0 aliphatic carbocycles. The highest BCUT2D eigenvalue weighted by atomic mass is 16.2. The molecule has 2 atom stereocenters. The number of aromatic nitrogens is 3. The molecular weight excluding hydrogens is 258 g/mol. The zero-order valence-corrected chi connectivity index (χ0v) is 12.4. The van der Waals surface area contributed by atoms with Crippen molar-refractivity contribution in [2.24, 2.45) is 7.05 Å². The molecule has 1 fully saturated rings. The highest BCUT2D eigenvalue weighted by Gasteiger charge is 2.48. The van der Waals surface area contributed by atoms with Crippen LogP contribution in [0.25, 0.3) is 0 Å². The molecule has 1 N–H and O–H groups in total. The van der Waals surface area contributed by atoms with Crippen molar-refractivity contribution in [1.82, 2.24) is 25.0 Å². The average molecular weight is 279 g/mol. The minimum Gasteiger partial charge on any atom is -0.342 e. The molecule has 2 unspecified atom stereocenters. The predicted octanol–water partition coefficient (Wildman–Crippen LogP) is 0.221. The highest BCUT2D eigenvalue weighted by Crippen LogP contribution is 2.27. The molecule has 2 heterocycles. The van der Waals surface area contributed by atoms with Gasteiger partial charge in [0, 0.05) is 7.05 Å². The molecule has 0 saturated carbocycles. The van der Waals surface area contributed by atoms with Crippen LogP contribution in [0.3, 0.4) is 0 Å². The molecular formula is C13H21N5O2. The van der Waals surface area contributed by atoms with E-state index in [4.69, 9.17) is 0 Å². The number of hydrogen-bond acceptors (Lipinski definition) is 4. The second kappa shape index (κ2) is 5.22. The molecule has 0 radical (unpaired) electrons. The van der Waals surface area contributed by atoms with Crippen LogP contribution >= 0.6 is 0 Å². The van der Waals surface area contributed by atoms with E-state index in [1.54, 1.807) is 23.6 Å². The maximum Gasteiger partial charge on any atom is 0.246 e. The average Bonchev–Trinajstić information content (AvgIpc) is 2.84. The van der Waals surface area contributed by atoms with Crippen LogP contribution in [0.1, 0.15) is 39.4 Å². The fourth-order valence-electron chi connectivity index (χ4n) is 2.41. The molecule has 110 valence electrons. The van der Waals surface area contributed by atoms with Gasteiger partial charge in [-0.1, -0.05) is 13.8 Å². The topological polar surface area (TPSA) is 80.1 Å². The number of carbonyl (C=O) groups is 2. The lowest BCUT2D eigenvalue weighted by Crippen LogP contribution is -2.68. The zero-order valence-electron chi connectivity index (χ0n) is 12.4. The highest BCUT2D eigenvalue weighted by molar-refractivity contribution is 5.99. The van der Waals surface area contributed by atoms with E-state index in [9.17, 15) is 9.59 Å². The summed E-state index contributed by atoms with van der Waals surface area (Å²) in [7, 11) is 1.78. The number of hydrogen-bond donors (Lipinski definition) is 1. The Labute approximate surface area is 118 Å². The van der Waals surface area contributed by atoms with Crippen LogP contribution in [0.5, 0.6) is 0 Å². The van der Waals surface area contributed by atoms with Gasteiger partial charge in [-0.15, -0.1) is 0 Å². The molecule has 1 aromatic heterocycles. The predicted molar refractivity (Wildman–Crippen MR) is 72.5 cm³/mol. The Balaban J connectivity index is 2.35. The van der Waals surface area contributed by atoms with Gasteiger partial charge < -0.3 is 10.2 Å². The number of carbonyl (C=O) groups excluding carboxylic acids is 2. The van der Waals surface area contributed by atoms with E-state index in [0.29, 0.717) is 25.2 Å². The lowest BCUT2D eigenvalue weighted by Gasteiger charge is -2.45. The fourth-order valence-corrected chi connectivity index (χ4v) is 2.41. The van der Waals surface area contributed by atoms with Crippen molar-refractivity contribution in [1.29, 1.82) is 0 Å². The second-order valence-electron chi connectivity index (χ2n) is 5.29. The van der Waals surface area contributed by atoms with Crippen LogP contribution in [0.15, 0.2) is 6.33 Å². The van der Waals surface area contributed by atoms with Crippen molar-refractivity contribution in [2.45, 2.75) is 51.7 Å². The van der Waals surface area contributed by atoms with Gasteiger partial charge in [-0.2, -0.15) is 5.10 Å². The molecule has 0 aromatic carbocycles. The molecule has 1 aliphatic rings. The van der Waals surface area contributed by atoms with Crippen LogP contribution < -0.4 is 5.32 Å². The Bertz CT molecular complexity index is 527. The van der Waals surface area contributed by atoms with E-state index in [1.165, 1.54) is 6.33 Å². The second-order valence-corrected chi connectivity index (χ2v) is 5.29. The summed E-state index contributed by atoms with van der Waals surface area (Å²) in [6.07, 6.45) is 2.59. The van der Waals surface area contributed by atoms with Gasteiger partial charge in [-0.25, -0.2) is 4.98 Å². The molecule has 2 amide bonds. The molecule has 1 aromatic rings. The summed E-state index contributed by atoms with van der Waals surface area (Å²) in [5, 5.41) is 6.81. The van der Waals surface area contributed by atoms with Crippen LogP contribution in [0.4, 0.5) is 0 Å². The minimum absolute atomic E-state index is 0.0561. The van der Waals surface area contributed by atoms with E-state index in [1.807, 2.05) is 13.8 Å². The van der Waals surface area contributed by atoms with E-state index in [0.717, 1.165) is 0 Å². The summed E-state index contributed by atoms with van der Waals surface area (Å²) in [6, 6.07) is -0.449. The lowest BCUT2D eigenvalue weighted by molar-refractivity contribution is -0.157. The molecule has 0 bridgehead atoms.